The lowest BCUT2D eigenvalue weighted by Gasteiger charge is -2.23. The Bertz CT molecular complexity index is 1080. The van der Waals surface area contributed by atoms with E-state index >= 15 is 0 Å². The largest absolute Gasteiger partial charge is 0.488 e. The first-order valence-electron chi connectivity index (χ1n) is 10.6. The number of aromatic nitrogens is 4. The molecular weight excluding hydrogens is 438 g/mol. The molecule has 11 heteroatoms. The number of benzene rings is 1. The first-order chi connectivity index (χ1) is 15.5. The summed E-state index contributed by atoms with van der Waals surface area (Å²) in [5.74, 6) is 1.27. The van der Waals surface area contributed by atoms with Gasteiger partial charge in [0.2, 0.25) is 5.28 Å². The van der Waals surface area contributed by atoms with E-state index in [4.69, 9.17) is 21.1 Å². The Balaban J connectivity index is 1.42. The number of fused-ring (bicyclic) bond motifs is 1. The number of imidazole rings is 1. The first-order valence-corrected chi connectivity index (χ1v) is 10.9. The monoisotopic (exact) mass is 461 g/mol. The van der Waals surface area contributed by atoms with Crippen molar-refractivity contribution in [2.24, 2.45) is 0 Å². The highest BCUT2D eigenvalue weighted by Crippen LogP contribution is 2.34. The van der Waals surface area contributed by atoms with Crippen LogP contribution in [-0.4, -0.2) is 71.9 Å². The van der Waals surface area contributed by atoms with Crippen LogP contribution in [0.2, 0.25) is 5.28 Å². The maximum Gasteiger partial charge on any atom is 0.226 e. The molecule has 2 aromatic heterocycles. The molecule has 3 aromatic rings. The van der Waals surface area contributed by atoms with Crippen molar-refractivity contribution in [3.63, 3.8) is 0 Å². The van der Waals surface area contributed by atoms with Crippen LogP contribution in [0.1, 0.15) is 25.5 Å². The number of aliphatic hydroxyl groups is 3. The molecule has 0 bridgehead atoms. The predicted molar refractivity (Wildman–Crippen MR) is 115 cm³/mol. The van der Waals surface area contributed by atoms with E-state index in [0.29, 0.717) is 17.0 Å². The molecule has 10 nitrogen and oxygen atoms in total. The lowest BCUT2D eigenvalue weighted by Crippen LogP contribution is -2.33. The fourth-order valence-corrected chi connectivity index (χ4v) is 4.53. The highest BCUT2D eigenvalue weighted by atomic mass is 35.5. The number of aliphatic hydroxyl groups excluding tert-OH is 3. The average Bonchev–Trinajstić information content (AvgIpc) is 3.48. The number of halogens is 1. The lowest BCUT2D eigenvalue weighted by atomic mass is 10.1. The van der Waals surface area contributed by atoms with Crippen molar-refractivity contribution in [2.75, 3.05) is 11.9 Å². The van der Waals surface area contributed by atoms with Crippen LogP contribution < -0.4 is 10.1 Å². The summed E-state index contributed by atoms with van der Waals surface area (Å²) in [7, 11) is 0. The molecule has 5 rings (SSSR count). The van der Waals surface area contributed by atoms with E-state index in [1.807, 2.05) is 30.3 Å². The number of nitrogens with zero attached hydrogens (tertiary/aromatic N) is 4. The van der Waals surface area contributed by atoms with E-state index in [0.717, 1.165) is 25.0 Å². The molecule has 1 saturated heterocycles. The molecule has 32 heavy (non-hydrogen) atoms. The third-order valence-corrected chi connectivity index (χ3v) is 6.16. The quantitative estimate of drug-likeness (QED) is 0.403. The van der Waals surface area contributed by atoms with Crippen LogP contribution in [-0.2, 0) is 4.74 Å². The van der Waals surface area contributed by atoms with Crippen molar-refractivity contribution in [3.8, 4) is 5.75 Å². The van der Waals surface area contributed by atoms with Gasteiger partial charge in [0.25, 0.3) is 0 Å². The first kappa shape index (κ1) is 21.4. The van der Waals surface area contributed by atoms with Gasteiger partial charge in [0, 0.05) is 0 Å². The van der Waals surface area contributed by atoms with E-state index in [1.54, 1.807) is 0 Å². The van der Waals surface area contributed by atoms with E-state index in [9.17, 15) is 15.3 Å². The Kier molecular flexibility index (Phi) is 5.87. The van der Waals surface area contributed by atoms with Crippen LogP contribution in [0.3, 0.4) is 0 Å². The Morgan fingerprint density at radius 2 is 1.97 bits per heavy atom. The van der Waals surface area contributed by atoms with Gasteiger partial charge in [-0.15, -0.1) is 0 Å². The lowest BCUT2D eigenvalue weighted by molar-refractivity contribution is -0.0511. The molecule has 6 atom stereocenters. The number of rotatable bonds is 6. The fourth-order valence-electron chi connectivity index (χ4n) is 4.37. The van der Waals surface area contributed by atoms with Crippen molar-refractivity contribution < 1.29 is 24.8 Å². The maximum atomic E-state index is 10.4. The molecular formula is C21H24ClN5O5. The van der Waals surface area contributed by atoms with E-state index in [2.05, 4.69) is 20.3 Å². The summed E-state index contributed by atoms with van der Waals surface area (Å²) >= 11 is 6.20. The van der Waals surface area contributed by atoms with Crippen LogP contribution in [0.15, 0.2) is 36.7 Å². The SMILES string of the molecule is OC[C@H]1O[C@@H](n2cnc3c(N[C@@H]4CCC[C@@H]4Oc4ccccc4)nc(Cl)nc32)[C@H](O)[C@@H]1O. The van der Waals surface area contributed by atoms with Gasteiger partial charge in [-0.1, -0.05) is 18.2 Å². The zero-order chi connectivity index (χ0) is 22.2. The molecule has 170 valence electrons. The van der Waals surface area contributed by atoms with Crippen molar-refractivity contribution >= 4 is 28.6 Å². The highest BCUT2D eigenvalue weighted by molar-refractivity contribution is 6.28. The number of para-hydroxylation sites is 1. The fraction of sp³-hybridized carbons (Fsp3) is 0.476. The molecule has 0 unspecified atom stereocenters. The Labute approximate surface area is 188 Å². The third-order valence-electron chi connectivity index (χ3n) is 5.99. The van der Waals surface area contributed by atoms with Crippen LogP contribution in [0, 0.1) is 0 Å². The molecule has 2 aliphatic rings. The van der Waals surface area contributed by atoms with Crippen molar-refractivity contribution in [2.45, 2.75) is 55.9 Å². The average molecular weight is 462 g/mol. The minimum atomic E-state index is -1.26. The van der Waals surface area contributed by atoms with E-state index < -0.39 is 31.1 Å². The smallest absolute Gasteiger partial charge is 0.226 e. The van der Waals surface area contributed by atoms with Crippen molar-refractivity contribution in [1.82, 2.24) is 19.5 Å². The Morgan fingerprint density at radius 1 is 1.16 bits per heavy atom. The van der Waals surface area contributed by atoms with Crippen molar-refractivity contribution in [3.05, 3.63) is 41.9 Å². The van der Waals surface area contributed by atoms with Crippen LogP contribution >= 0.6 is 11.6 Å². The van der Waals surface area contributed by atoms with Gasteiger partial charge in [-0.25, -0.2) is 4.98 Å². The summed E-state index contributed by atoms with van der Waals surface area (Å²) in [6, 6.07) is 9.68. The molecule has 0 spiro atoms. The number of hydrogen-bond donors (Lipinski definition) is 4. The summed E-state index contributed by atoms with van der Waals surface area (Å²) in [5.41, 5.74) is 0.804. The van der Waals surface area contributed by atoms with Crippen LogP contribution in [0.5, 0.6) is 5.75 Å². The summed E-state index contributed by atoms with van der Waals surface area (Å²) in [6.45, 7) is -0.422. The molecule has 2 fully saturated rings. The maximum absolute atomic E-state index is 10.4. The normalized spacial score (nSPS) is 30.1. The second kappa shape index (κ2) is 8.80. The summed E-state index contributed by atoms with van der Waals surface area (Å²) in [5, 5.41) is 33.3. The predicted octanol–water partition coefficient (Wildman–Crippen LogP) is 1.50. The molecule has 1 aliphatic carbocycles. The van der Waals surface area contributed by atoms with E-state index in [1.165, 1.54) is 10.9 Å². The number of nitrogens with one attached hydrogen (secondary N) is 1. The van der Waals surface area contributed by atoms with Crippen LogP contribution in [0.25, 0.3) is 11.2 Å². The number of anilines is 1. The number of ether oxygens (including phenoxy) is 2. The van der Waals surface area contributed by atoms with Gasteiger partial charge in [0.15, 0.2) is 23.2 Å². The van der Waals surface area contributed by atoms with Gasteiger partial charge in [0.05, 0.1) is 19.0 Å². The minimum absolute atomic E-state index is 0.00318. The van der Waals surface area contributed by atoms with Crippen LogP contribution in [0.4, 0.5) is 5.82 Å². The number of hydrogen-bond acceptors (Lipinski definition) is 9. The Morgan fingerprint density at radius 3 is 2.72 bits per heavy atom. The van der Waals surface area contributed by atoms with Crippen molar-refractivity contribution in [1.29, 1.82) is 0 Å². The zero-order valence-electron chi connectivity index (χ0n) is 17.1. The summed E-state index contributed by atoms with van der Waals surface area (Å²) in [6.07, 6.45) is -0.129. The zero-order valence-corrected chi connectivity index (χ0v) is 17.8. The summed E-state index contributed by atoms with van der Waals surface area (Å²) < 4.78 is 13.3. The standard InChI is InChI=1S/C21H24ClN5O5/c22-21-25-18(24-12-7-4-8-13(12)31-11-5-2-1-3-6-11)15-19(26-21)27(10-23-15)20-17(30)16(29)14(9-28)32-20/h1-3,5-6,10,12-14,16-17,20,28-30H,4,7-9H2,(H,24,25,26)/t12-,13+,14-,16-,17-,20-/m1/s1. The topological polar surface area (TPSA) is 135 Å². The highest BCUT2D eigenvalue weighted by Gasteiger charge is 2.44. The van der Waals surface area contributed by atoms with Gasteiger partial charge >= 0.3 is 0 Å². The van der Waals surface area contributed by atoms with Gasteiger partial charge in [-0.3, -0.25) is 4.57 Å². The van der Waals surface area contributed by atoms with Gasteiger partial charge in [-0.05, 0) is 43.0 Å². The van der Waals surface area contributed by atoms with E-state index in [-0.39, 0.29) is 17.4 Å². The molecule has 1 aliphatic heterocycles. The molecule has 3 heterocycles. The van der Waals surface area contributed by atoms with Gasteiger partial charge in [0.1, 0.15) is 30.2 Å². The second-order valence-electron chi connectivity index (χ2n) is 8.05. The molecule has 0 radical (unpaired) electrons. The van der Waals surface area contributed by atoms with Gasteiger partial charge < -0.3 is 30.1 Å². The molecule has 1 aromatic carbocycles. The third kappa shape index (κ3) is 3.89. The second-order valence-corrected chi connectivity index (χ2v) is 8.38. The molecule has 0 amide bonds. The molecule has 1 saturated carbocycles. The summed E-state index contributed by atoms with van der Waals surface area (Å²) in [4.78, 5) is 13.0. The van der Waals surface area contributed by atoms with Gasteiger partial charge in [-0.2, -0.15) is 9.97 Å². The Hall–Kier alpha value is -2.50. The minimum Gasteiger partial charge on any atom is -0.488 e. The molecule has 4 N–H and O–H groups in total.